The van der Waals surface area contributed by atoms with E-state index in [1.807, 2.05) is 31.9 Å². The van der Waals surface area contributed by atoms with E-state index in [1.54, 1.807) is 4.68 Å². The SMILES string of the molecule is Cc1cc(C)n(CC(=O)N(C)C2CCCCC2)n1. The maximum Gasteiger partial charge on any atom is 0.244 e. The van der Waals surface area contributed by atoms with Gasteiger partial charge in [0.15, 0.2) is 0 Å². The molecule has 1 aromatic heterocycles. The number of hydrogen-bond acceptors (Lipinski definition) is 2. The van der Waals surface area contributed by atoms with Gasteiger partial charge in [-0.25, -0.2) is 0 Å². The van der Waals surface area contributed by atoms with E-state index in [0.717, 1.165) is 24.2 Å². The second-order valence-corrected chi connectivity index (χ2v) is 5.38. The zero-order valence-corrected chi connectivity index (χ0v) is 11.6. The molecule has 2 rings (SSSR count). The molecule has 0 radical (unpaired) electrons. The van der Waals surface area contributed by atoms with Gasteiger partial charge in [0.2, 0.25) is 5.91 Å². The Bertz CT molecular complexity index is 419. The molecule has 0 atom stereocenters. The van der Waals surface area contributed by atoms with Gasteiger partial charge in [-0.1, -0.05) is 19.3 Å². The minimum absolute atomic E-state index is 0.174. The fourth-order valence-corrected chi connectivity index (χ4v) is 2.75. The first kappa shape index (κ1) is 13.1. The second-order valence-electron chi connectivity index (χ2n) is 5.38. The van der Waals surface area contributed by atoms with E-state index in [1.165, 1.54) is 19.3 Å². The third kappa shape index (κ3) is 2.92. The number of carbonyl (C=O) groups excluding carboxylic acids is 1. The first-order valence-corrected chi connectivity index (χ1v) is 6.84. The van der Waals surface area contributed by atoms with Gasteiger partial charge in [0.25, 0.3) is 0 Å². The first-order valence-electron chi connectivity index (χ1n) is 6.84. The number of likely N-dealkylation sites (N-methyl/N-ethyl adjacent to an activating group) is 1. The fourth-order valence-electron chi connectivity index (χ4n) is 2.75. The Labute approximate surface area is 109 Å². The predicted octanol–water partition coefficient (Wildman–Crippen LogP) is 2.29. The van der Waals surface area contributed by atoms with Gasteiger partial charge in [-0.3, -0.25) is 9.48 Å². The summed E-state index contributed by atoms with van der Waals surface area (Å²) in [5.41, 5.74) is 2.03. The van der Waals surface area contributed by atoms with E-state index in [9.17, 15) is 4.79 Å². The minimum atomic E-state index is 0.174. The fraction of sp³-hybridized carbons (Fsp3) is 0.714. The van der Waals surface area contributed by atoms with Crippen molar-refractivity contribution in [2.45, 2.75) is 58.5 Å². The summed E-state index contributed by atoms with van der Waals surface area (Å²) in [6, 6.07) is 2.44. The summed E-state index contributed by atoms with van der Waals surface area (Å²) in [4.78, 5) is 14.2. The van der Waals surface area contributed by atoms with Crippen molar-refractivity contribution < 1.29 is 4.79 Å². The number of aromatic nitrogens is 2. The summed E-state index contributed by atoms with van der Waals surface area (Å²) in [6.07, 6.45) is 6.12. The largest absolute Gasteiger partial charge is 0.341 e. The highest BCUT2D eigenvalue weighted by molar-refractivity contribution is 5.76. The number of aryl methyl sites for hydroxylation is 2. The summed E-state index contributed by atoms with van der Waals surface area (Å²) < 4.78 is 1.80. The highest BCUT2D eigenvalue weighted by atomic mass is 16.2. The average Bonchev–Trinajstić information content (AvgIpc) is 2.68. The summed E-state index contributed by atoms with van der Waals surface area (Å²) in [5, 5.41) is 4.35. The lowest BCUT2D eigenvalue weighted by Crippen LogP contribution is -2.40. The topological polar surface area (TPSA) is 38.1 Å². The van der Waals surface area contributed by atoms with Gasteiger partial charge < -0.3 is 4.90 Å². The Balaban J connectivity index is 1.96. The lowest BCUT2D eigenvalue weighted by molar-refractivity contribution is -0.133. The normalized spacial score (nSPS) is 16.8. The van der Waals surface area contributed by atoms with Crippen LogP contribution in [0.25, 0.3) is 0 Å². The number of nitrogens with zero attached hydrogens (tertiary/aromatic N) is 3. The average molecular weight is 249 g/mol. The highest BCUT2D eigenvalue weighted by Crippen LogP contribution is 2.21. The lowest BCUT2D eigenvalue weighted by atomic mass is 9.94. The standard InChI is InChI=1S/C14H23N3O/c1-11-9-12(2)17(15-11)10-14(18)16(3)13-7-5-4-6-8-13/h9,13H,4-8,10H2,1-3H3. The molecule has 18 heavy (non-hydrogen) atoms. The van der Waals surface area contributed by atoms with Crippen LogP contribution in [-0.4, -0.2) is 33.7 Å². The van der Waals surface area contributed by atoms with Gasteiger partial charge in [0.05, 0.1) is 5.69 Å². The number of amides is 1. The van der Waals surface area contributed by atoms with Crippen molar-refractivity contribution in [2.75, 3.05) is 7.05 Å². The van der Waals surface area contributed by atoms with E-state index in [-0.39, 0.29) is 5.91 Å². The van der Waals surface area contributed by atoms with Gasteiger partial charge in [0.1, 0.15) is 6.54 Å². The van der Waals surface area contributed by atoms with Crippen LogP contribution in [-0.2, 0) is 11.3 Å². The van der Waals surface area contributed by atoms with Crippen LogP contribution in [0.15, 0.2) is 6.07 Å². The molecule has 1 saturated carbocycles. The highest BCUT2D eigenvalue weighted by Gasteiger charge is 2.22. The van der Waals surface area contributed by atoms with Crippen molar-refractivity contribution in [1.82, 2.24) is 14.7 Å². The van der Waals surface area contributed by atoms with E-state index in [2.05, 4.69) is 5.10 Å². The molecule has 1 aliphatic carbocycles. The maximum atomic E-state index is 12.2. The molecular weight excluding hydrogens is 226 g/mol. The molecule has 1 fully saturated rings. The monoisotopic (exact) mass is 249 g/mol. The molecule has 0 spiro atoms. The maximum absolute atomic E-state index is 12.2. The zero-order chi connectivity index (χ0) is 13.1. The summed E-state index contributed by atoms with van der Waals surface area (Å²) in [6.45, 7) is 4.32. The molecule has 100 valence electrons. The molecule has 1 aliphatic rings. The van der Waals surface area contributed by atoms with Crippen molar-refractivity contribution >= 4 is 5.91 Å². The van der Waals surface area contributed by atoms with Crippen molar-refractivity contribution in [3.05, 3.63) is 17.5 Å². The number of hydrogen-bond donors (Lipinski definition) is 0. The Morgan fingerprint density at radius 2 is 2.06 bits per heavy atom. The van der Waals surface area contributed by atoms with E-state index in [0.29, 0.717) is 12.6 Å². The van der Waals surface area contributed by atoms with Crippen LogP contribution < -0.4 is 0 Å². The molecule has 0 N–H and O–H groups in total. The number of rotatable bonds is 3. The van der Waals surface area contributed by atoms with Gasteiger partial charge >= 0.3 is 0 Å². The van der Waals surface area contributed by atoms with E-state index >= 15 is 0 Å². The molecule has 4 heteroatoms. The predicted molar refractivity (Wildman–Crippen MR) is 71.3 cm³/mol. The van der Waals surface area contributed by atoms with Crippen molar-refractivity contribution in [2.24, 2.45) is 0 Å². The van der Waals surface area contributed by atoms with Crippen molar-refractivity contribution in [3.63, 3.8) is 0 Å². The molecule has 1 heterocycles. The lowest BCUT2D eigenvalue weighted by Gasteiger charge is -2.31. The van der Waals surface area contributed by atoms with E-state index < -0.39 is 0 Å². The van der Waals surface area contributed by atoms with Crippen LogP contribution in [0.5, 0.6) is 0 Å². The quantitative estimate of drug-likeness (QED) is 0.824. The van der Waals surface area contributed by atoms with E-state index in [4.69, 9.17) is 0 Å². The second kappa shape index (κ2) is 5.55. The third-order valence-corrected chi connectivity index (χ3v) is 3.90. The Kier molecular flexibility index (Phi) is 4.04. The Hall–Kier alpha value is -1.32. The van der Waals surface area contributed by atoms with Crippen LogP contribution in [0, 0.1) is 13.8 Å². The third-order valence-electron chi connectivity index (χ3n) is 3.90. The van der Waals surface area contributed by atoms with Crippen LogP contribution in [0.2, 0.25) is 0 Å². The van der Waals surface area contributed by atoms with Gasteiger partial charge in [-0.05, 0) is 32.8 Å². The Morgan fingerprint density at radius 3 is 2.61 bits per heavy atom. The molecule has 0 saturated heterocycles. The van der Waals surface area contributed by atoms with Crippen molar-refractivity contribution in [3.8, 4) is 0 Å². The molecule has 0 aliphatic heterocycles. The molecule has 0 unspecified atom stereocenters. The molecule has 0 bridgehead atoms. The number of carbonyl (C=O) groups is 1. The molecule has 1 aromatic rings. The Morgan fingerprint density at radius 1 is 1.39 bits per heavy atom. The zero-order valence-electron chi connectivity index (χ0n) is 11.6. The van der Waals surface area contributed by atoms with Gasteiger partial charge in [-0.15, -0.1) is 0 Å². The summed E-state index contributed by atoms with van der Waals surface area (Å²) in [7, 11) is 1.93. The van der Waals surface area contributed by atoms with Crippen LogP contribution in [0.4, 0.5) is 0 Å². The molecule has 4 nitrogen and oxygen atoms in total. The van der Waals surface area contributed by atoms with Crippen LogP contribution in [0.1, 0.15) is 43.5 Å². The smallest absolute Gasteiger partial charge is 0.244 e. The van der Waals surface area contributed by atoms with Crippen LogP contribution in [0.3, 0.4) is 0 Å². The first-order chi connectivity index (χ1) is 8.58. The molecular formula is C14H23N3O. The molecule has 1 amide bonds. The van der Waals surface area contributed by atoms with Crippen LogP contribution >= 0.6 is 0 Å². The van der Waals surface area contributed by atoms with Crippen molar-refractivity contribution in [1.29, 1.82) is 0 Å². The summed E-state index contributed by atoms with van der Waals surface area (Å²) in [5.74, 6) is 0.174. The van der Waals surface area contributed by atoms with Gasteiger partial charge in [0, 0.05) is 18.8 Å². The van der Waals surface area contributed by atoms with Gasteiger partial charge in [-0.2, -0.15) is 5.10 Å². The minimum Gasteiger partial charge on any atom is -0.341 e. The molecule has 0 aromatic carbocycles. The summed E-state index contributed by atoms with van der Waals surface area (Å²) >= 11 is 0.